The number of nitrogens with zero attached hydrogens (tertiary/aromatic N) is 1. The number of ether oxygens (including phenoxy) is 2. The molecule has 0 fully saturated rings. The summed E-state index contributed by atoms with van der Waals surface area (Å²) in [6, 6.07) is 13.1. The second-order valence-electron chi connectivity index (χ2n) is 4.79. The maximum Gasteiger partial charge on any atom is 0.276 e. The fourth-order valence-corrected chi connectivity index (χ4v) is 2.73. The number of nitrogens with one attached hydrogen (secondary N) is 1. The third kappa shape index (κ3) is 5.26. The molecular formula is C18H18N2O4S. The maximum atomic E-state index is 12.2. The van der Waals surface area contributed by atoms with Crippen molar-refractivity contribution in [1.82, 2.24) is 4.83 Å². The van der Waals surface area contributed by atoms with E-state index in [4.69, 9.17) is 15.9 Å². The molecule has 0 aliphatic rings. The zero-order valence-electron chi connectivity index (χ0n) is 13.7. The molecule has 0 unspecified atom stereocenters. The Hall–Kier alpha value is -2.98. The lowest BCUT2D eigenvalue weighted by atomic mass is 10.2. The van der Waals surface area contributed by atoms with E-state index >= 15 is 0 Å². The molecule has 0 heterocycles. The van der Waals surface area contributed by atoms with Crippen LogP contribution in [0.1, 0.15) is 12.5 Å². The molecule has 2 rings (SSSR count). The van der Waals surface area contributed by atoms with E-state index in [0.717, 1.165) is 0 Å². The summed E-state index contributed by atoms with van der Waals surface area (Å²) in [4.78, 5) is 2.25. The first-order valence-electron chi connectivity index (χ1n) is 7.50. The third-order valence-corrected chi connectivity index (χ3v) is 4.29. The maximum absolute atomic E-state index is 12.2. The van der Waals surface area contributed by atoms with E-state index in [9.17, 15) is 8.42 Å². The standard InChI is InChI=1S/C18H18N2O4S/c1-3-13-24-18-8-6-5-7-15(18)14-19-20-25(21,22)17-11-9-16(10-12-17)23-4-2/h1,5-12,14,20H,4,13H2,2H3/b19-14-. The van der Waals surface area contributed by atoms with Crippen LogP contribution < -0.4 is 14.3 Å². The quantitative estimate of drug-likeness (QED) is 0.447. The van der Waals surface area contributed by atoms with Gasteiger partial charge >= 0.3 is 0 Å². The summed E-state index contributed by atoms with van der Waals surface area (Å²) in [5.41, 5.74) is 0.604. The SMILES string of the molecule is C#CCOc1ccccc1/C=N\NS(=O)(=O)c1ccc(OCC)cc1. The number of hydrazone groups is 1. The van der Waals surface area contributed by atoms with Gasteiger partial charge in [-0.1, -0.05) is 18.1 Å². The highest BCUT2D eigenvalue weighted by atomic mass is 32.2. The summed E-state index contributed by atoms with van der Waals surface area (Å²) in [6.07, 6.45) is 6.53. The van der Waals surface area contributed by atoms with Crippen molar-refractivity contribution in [2.24, 2.45) is 5.10 Å². The summed E-state index contributed by atoms with van der Waals surface area (Å²) in [7, 11) is -3.77. The van der Waals surface area contributed by atoms with Gasteiger partial charge in [0, 0.05) is 5.56 Å². The Bertz CT molecular complexity index is 869. The first-order valence-corrected chi connectivity index (χ1v) is 8.98. The van der Waals surface area contributed by atoms with Gasteiger partial charge in [0.05, 0.1) is 17.7 Å². The van der Waals surface area contributed by atoms with Crippen molar-refractivity contribution in [2.75, 3.05) is 13.2 Å². The van der Waals surface area contributed by atoms with Gasteiger partial charge in [-0.2, -0.15) is 13.5 Å². The average Bonchev–Trinajstić information content (AvgIpc) is 2.61. The molecule has 0 aromatic heterocycles. The number of benzene rings is 2. The summed E-state index contributed by atoms with van der Waals surface area (Å²) in [6.45, 7) is 2.48. The van der Waals surface area contributed by atoms with Gasteiger partial charge in [-0.05, 0) is 43.3 Å². The van der Waals surface area contributed by atoms with Crippen LogP contribution in [-0.4, -0.2) is 27.8 Å². The van der Waals surface area contributed by atoms with Crippen molar-refractivity contribution in [1.29, 1.82) is 0 Å². The van der Waals surface area contributed by atoms with E-state index in [1.54, 1.807) is 36.4 Å². The van der Waals surface area contributed by atoms with E-state index in [0.29, 0.717) is 23.7 Å². The number of terminal acetylenes is 1. The first-order chi connectivity index (χ1) is 12.1. The molecular weight excluding hydrogens is 340 g/mol. The highest BCUT2D eigenvalue weighted by Crippen LogP contribution is 2.17. The van der Waals surface area contributed by atoms with Crippen LogP contribution in [0.4, 0.5) is 0 Å². The largest absolute Gasteiger partial charge is 0.494 e. The van der Waals surface area contributed by atoms with Gasteiger partial charge in [-0.3, -0.25) is 0 Å². The Kier molecular flexibility index (Phi) is 6.43. The Labute approximate surface area is 147 Å². The zero-order valence-corrected chi connectivity index (χ0v) is 14.5. The van der Waals surface area contributed by atoms with Crippen molar-refractivity contribution in [3.63, 3.8) is 0 Å². The molecule has 6 nitrogen and oxygen atoms in total. The predicted molar refractivity (Wildman–Crippen MR) is 96.3 cm³/mol. The molecule has 7 heteroatoms. The van der Waals surface area contributed by atoms with Gasteiger partial charge in [0.1, 0.15) is 18.1 Å². The Morgan fingerprint density at radius 3 is 2.56 bits per heavy atom. The van der Waals surface area contributed by atoms with Gasteiger partial charge in [0.25, 0.3) is 10.0 Å². The van der Waals surface area contributed by atoms with Gasteiger partial charge < -0.3 is 9.47 Å². The van der Waals surface area contributed by atoms with Crippen LogP contribution in [0, 0.1) is 12.3 Å². The van der Waals surface area contributed by atoms with E-state index in [-0.39, 0.29) is 11.5 Å². The summed E-state index contributed by atoms with van der Waals surface area (Å²) >= 11 is 0. The highest BCUT2D eigenvalue weighted by Gasteiger charge is 2.12. The molecule has 0 spiro atoms. The van der Waals surface area contributed by atoms with Crippen molar-refractivity contribution < 1.29 is 17.9 Å². The second-order valence-corrected chi connectivity index (χ2v) is 6.45. The molecule has 2 aromatic rings. The fraction of sp³-hybridized carbons (Fsp3) is 0.167. The number of sulfonamides is 1. The lowest BCUT2D eigenvalue weighted by molar-refractivity contribution is 0.340. The Morgan fingerprint density at radius 1 is 1.16 bits per heavy atom. The van der Waals surface area contributed by atoms with Gasteiger partial charge in [0.2, 0.25) is 0 Å². The molecule has 0 atom stereocenters. The van der Waals surface area contributed by atoms with Gasteiger partial charge in [-0.25, -0.2) is 4.83 Å². The molecule has 0 amide bonds. The molecule has 0 bridgehead atoms. The van der Waals surface area contributed by atoms with Crippen LogP contribution in [0.3, 0.4) is 0 Å². The normalized spacial score (nSPS) is 11.0. The second kappa shape index (κ2) is 8.76. The van der Waals surface area contributed by atoms with E-state index < -0.39 is 10.0 Å². The van der Waals surface area contributed by atoms with Crippen LogP contribution in [-0.2, 0) is 10.0 Å². The van der Waals surface area contributed by atoms with Crippen LogP contribution in [0.2, 0.25) is 0 Å². The van der Waals surface area contributed by atoms with Gasteiger partial charge in [-0.15, -0.1) is 6.42 Å². The molecule has 0 aliphatic heterocycles. The Morgan fingerprint density at radius 2 is 1.88 bits per heavy atom. The van der Waals surface area contributed by atoms with E-state index in [2.05, 4.69) is 15.9 Å². The predicted octanol–water partition coefficient (Wildman–Crippen LogP) is 2.41. The first kappa shape index (κ1) is 18.4. The fourth-order valence-electron chi connectivity index (χ4n) is 1.94. The number of hydrogen-bond donors (Lipinski definition) is 1. The van der Waals surface area contributed by atoms with Crippen LogP contribution in [0.15, 0.2) is 58.5 Å². The minimum atomic E-state index is -3.77. The summed E-state index contributed by atoms with van der Waals surface area (Å²) in [5, 5.41) is 3.79. The zero-order chi connectivity index (χ0) is 18.1. The smallest absolute Gasteiger partial charge is 0.276 e. The van der Waals surface area contributed by atoms with E-state index in [1.165, 1.54) is 18.3 Å². The van der Waals surface area contributed by atoms with Crippen LogP contribution in [0.25, 0.3) is 0 Å². The minimum Gasteiger partial charge on any atom is -0.494 e. The topological polar surface area (TPSA) is 77.0 Å². The number of rotatable bonds is 8. The van der Waals surface area contributed by atoms with Crippen molar-refractivity contribution in [2.45, 2.75) is 11.8 Å². The average molecular weight is 358 g/mol. The summed E-state index contributed by atoms with van der Waals surface area (Å²) in [5.74, 6) is 3.49. The lowest BCUT2D eigenvalue weighted by Gasteiger charge is -2.07. The van der Waals surface area contributed by atoms with Gasteiger partial charge in [0.15, 0.2) is 0 Å². The van der Waals surface area contributed by atoms with Crippen molar-refractivity contribution >= 4 is 16.2 Å². The van der Waals surface area contributed by atoms with Crippen LogP contribution in [0.5, 0.6) is 11.5 Å². The van der Waals surface area contributed by atoms with Crippen LogP contribution >= 0.6 is 0 Å². The minimum absolute atomic E-state index is 0.0879. The molecule has 25 heavy (non-hydrogen) atoms. The monoisotopic (exact) mass is 358 g/mol. The molecule has 0 aliphatic carbocycles. The third-order valence-electron chi connectivity index (χ3n) is 3.05. The Balaban J connectivity index is 2.09. The van der Waals surface area contributed by atoms with E-state index in [1.807, 2.05) is 6.92 Å². The molecule has 0 radical (unpaired) electrons. The molecule has 0 saturated heterocycles. The number of para-hydroxylation sites is 1. The highest BCUT2D eigenvalue weighted by molar-refractivity contribution is 7.89. The number of hydrogen-bond acceptors (Lipinski definition) is 5. The lowest BCUT2D eigenvalue weighted by Crippen LogP contribution is -2.18. The summed E-state index contributed by atoms with van der Waals surface area (Å²) < 4.78 is 35.1. The molecule has 130 valence electrons. The molecule has 1 N–H and O–H groups in total. The molecule has 0 saturated carbocycles. The molecule has 2 aromatic carbocycles. The van der Waals surface area contributed by atoms with Crippen molar-refractivity contribution in [3.8, 4) is 23.8 Å². The van der Waals surface area contributed by atoms with Crippen molar-refractivity contribution in [3.05, 3.63) is 54.1 Å².